The summed E-state index contributed by atoms with van der Waals surface area (Å²) in [4.78, 5) is 3.86. The quantitative estimate of drug-likeness (QED) is 0.844. The van der Waals surface area contributed by atoms with Crippen LogP contribution in [0, 0.1) is 5.82 Å². The molecule has 0 saturated carbocycles. The molecule has 5 heteroatoms. The number of anilines is 1. The number of benzene rings is 1. The van der Waals surface area contributed by atoms with Crippen LogP contribution < -0.4 is 5.73 Å². The van der Waals surface area contributed by atoms with Crippen molar-refractivity contribution < 1.29 is 4.39 Å². The van der Waals surface area contributed by atoms with Crippen LogP contribution in [-0.2, 0) is 0 Å². The summed E-state index contributed by atoms with van der Waals surface area (Å²) >= 11 is 11.4. The number of pyridine rings is 1. The van der Waals surface area contributed by atoms with E-state index in [1.807, 2.05) is 0 Å². The van der Waals surface area contributed by atoms with Gasteiger partial charge in [-0.15, -0.1) is 0 Å². The van der Waals surface area contributed by atoms with E-state index in [2.05, 4.69) is 4.98 Å². The Hall–Kier alpha value is -1.32. The van der Waals surface area contributed by atoms with Crippen LogP contribution in [0.5, 0.6) is 0 Å². The topological polar surface area (TPSA) is 38.9 Å². The number of nitrogens with zero attached hydrogens (tertiary/aromatic N) is 1. The van der Waals surface area contributed by atoms with Crippen molar-refractivity contribution in [2.75, 3.05) is 5.73 Å². The maximum Gasteiger partial charge on any atom is 0.132 e. The van der Waals surface area contributed by atoms with E-state index in [9.17, 15) is 4.39 Å². The second-order valence-electron chi connectivity index (χ2n) is 3.21. The van der Waals surface area contributed by atoms with Gasteiger partial charge in [0.15, 0.2) is 0 Å². The lowest BCUT2D eigenvalue weighted by atomic mass is 10.1. The fraction of sp³-hybridized carbons (Fsp3) is 0. The smallest absolute Gasteiger partial charge is 0.132 e. The molecule has 1 aromatic heterocycles. The third-order valence-electron chi connectivity index (χ3n) is 2.11. The minimum atomic E-state index is -0.455. The molecule has 1 aromatic carbocycles. The molecule has 0 spiro atoms. The van der Waals surface area contributed by atoms with Gasteiger partial charge in [0.1, 0.15) is 11.6 Å². The molecule has 16 heavy (non-hydrogen) atoms. The Morgan fingerprint density at radius 1 is 1.06 bits per heavy atom. The standard InChI is InChI=1S/C11H7Cl2FN2/c12-6-1-2-8(10(14)4-6)9-3-7(13)5-16-11(9)15/h1-5H,(H2,15,16). The molecule has 0 bridgehead atoms. The number of hydrogen-bond donors (Lipinski definition) is 1. The number of rotatable bonds is 1. The second kappa shape index (κ2) is 4.28. The van der Waals surface area contributed by atoms with Crippen LogP contribution in [0.1, 0.15) is 0 Å². The number of aromatic nitrogens is 1. The van der Waals surface area contributed by atoms with Crippen LogP contribution in [0.25, 0.3) is 11.1 Å². The van der Waals surface area contributed by atoms with E-state index in [-0.39, 0.29) is 5.82 Å². The molecule has 0 atom stereocenters. The van der Waals surface area contributed by atoms with Crippen LogP contribution in [0.2, 0.25) is 10.0 Å². The van der Waals surface area contributed by atoms with Gasteiger partial charge in [-0.05, 0) is 24.3 Å². The molecule has 82 valence electrons. The van der Waals surface area contributed by atoms with Gasteiger partial charge >= 0.3 is 0 Å². The van der Waals surface area contributed by atoms with E-state index in [1.165, 1.54) is 12.3 Å². The number of nitrogens with two attached hydrogens (primary N) is 1. The van der Waals surface area contributed by atoms with Crippen LogP contribution in [0.15, 0.2) is 30.5 Å². The fourth-order valence-electron chi connectivity index (χ4n) is 1.37. The first kappa shape index (κ1) is 11.2. The zero-order chi connectivity index (χ0) is 11.7. The summed E-state index contributed by atoms with van der Waals surface area (Å²) in [6.45, 7) is 0. The normalized spacial score (nSPS) is 10.4. The summed E-state index contributed by atoms with van der Waals surface area (Å²) < 4.78 is 13.6. The van der Waals surface area contributed by atoms with Crippen molar-refractivity contribution in [3.8, 4) is 11.1 Å². The van der Waals surface area contributed by atoms with Crippen molar-refractivity contribution in [2.45, 2.75) is 0 Å². The van der Waals surface area contributed by atoms with Crippen LogP contribution in [0.4, 0.5) is 10.2 Å². The maximum absolute atomic E-state index is 13.6. The average molecular weight is 257 g/mol. The van der Waals surface area contributed by atoms with Crippen LogP contribution in [0.3, 0.4) is 0 Å². The molecule has 0 aliphatic rings. The third kappa shape index (κ3) is 2.10. The molecule has 2 nitrogen and oxygen atoms in total. The Labute approximate surface area is 102 Å². The molecule has 0 radical (unpaired) electrons. The molecular weight excluding hydrogens is 250 g/mol. The minimum Gasteiger partial charge on any atom is -0.383 e. The number of hydrogen-bond acceptors (Lipinski definition) is 2. The van der Waals surface area contributed by atoms with E-state index in [1.54, 1.807) is 18.2 Å². The zero-order valence-corrected chi connectivity index (χ0v) is 9.56. The SMILES string of the molecule is Nc1ncc(Cl)cc1-c1ccc(Cl)cc1F. The van der Waals surface area contributed by atoms with Crippen LogP contribution in [-0.4, -0.2) is 4.98 Å². The summed E-state index contributed by atoms with van der Waals surface area (Å²) in [5.74, 6) is -0.228. The first-order valence-corrected chi connectivity index (χ1v) is 5.20. The Morgan fingerprint density at radius 2 is 1.81 bits per heavy atom. The molecule has 0 aliphatic heterocycles. The van der Waals surface area contributed by atoms with Crippen molar-refractivity contribution >= 4 is 29.0 Å². The molecule has 0 unspecified atom stereocenters. The lowest BCUT2D eigenvalue weighted by Crippen LogP contribution is -1.95. The van der Waals surface area contributed by atoms with Crippen molar-refractivity contribution in [2.24, 2.45) is 0 Å². The fourth-order valence-corrected chi connectivity index (χ4v) is 1.69. The first-order chi connectivity index (χ1) is 7.58. The van der Waals surface area contributed by atoms with Crippen molar-refractivity contribution in [1.82, 2.24) is 4.98 Å². The molecular formula is C11H7Cl2FN2. The van der Waals surface area contributed by atoms with Gasteiger partial charge in [-0.25, -0.2) is 9.37 Å². The highest BCUT2D eigenvalue weighted by atomic mass is 35.5. The molecule has 1 heterocycles. The molecule has 0 saturated heterocycles. The summed E-state index contributed by atoms with van der Waals surface area (Å²) in [6.07, 6.45) is 1.41. The molecule has 2 rings (SSSR count). The van der Waals surface area contributed by atoms with E-state index in [0.29, 0.717) is 21.2 Å². The van der Waals surface area contributed by atoms with Gasteiger partial charge in [-0.2, -0.15) is 0 Å². The molecule has 0 fully saturated rings. The van der Waals surface area contributed by atoms with Gasteiger partial charge < -0.3 is 5.73 Å². The highest BCUT2D eigenvalue weighted by molar-refractivity contribution is 6.31. The highest BCUT2D eigenvalue weighted by Crippen LogP contribution is 2.30. The van der Waals surface area contributed by atoms with E-state index < -0.39 is 5.82 Å². The second-order valence-corrected chi connectivity index (χ2v) is 4.08. The third-order valence-corrected chi connectivity index (χ3v) is 2.55. The van der Waals surface area contributed by atoms with Gasteiger partial charge in [0.25, 0.3) is 0 Å². The predicted molar refractivity (Wildman–Crippen MR) is 64.1 cm³/mol. The lowest BCUT2D eigenvalue weighted by molar-refractivity contribution is 0.631. The first-order valence-electron chi connectivity index (χ1n) is 4.44. The highest BCUT2D eigenvalue weighted by Gasteiger charge is 2.10. The number of halogens is 3. The average Bonchev–Trinajstić information content (AvgIpc) is 2.22. The largest absolute Gasteiger partial charge is 0.383 e. The van der Waals surface area contributed by atoms with Gasteiger partial charge in [-0.3, -0.25) is 0 Å². The summed E-state index contributed by atoms with van der Waals surface area (Å²) in [6, 6.07) is 5.91. The zero-order valence-electron chi connectivity index (χ0n) is 8.05. The molecule has 2 aromatic rings. The van der Waals surface area contributed by atoms with Crippen molar-refractivity contribution in [3.63, 3.8) is 0 Å². The Bertz CT molecular complexity index is 544. The number of nitrogen functional groups attached to an aromatic ring is 1. The Balaban J connectivity index is 2.62. The van der Waals surface area contributed by atoms with E-state index >= 15 is 0 Å². The Kier molecular flexibility index (Phi) is 2.99. The van der Waals surface area contributed by atoms with E-state index in [0.717, 1.165) is 0 Å². The van der Waals surface area contributed by atoms with Crippen molar-refractivity contribution in [3.05, 3.63) is 46.3 Å². The molecule has 2 N–H and O–H groups in total. The van der Waals surface area contributed by atoms with Crippen LogP contribution >= 0.6 is 23.2 Å². The summed E-state index contributed by atoms with van der Waals surface area (Å²) in [5, 5.41) is 0.730. The molecule has 0 amide bonds. The van der Waals surface area contributed by atoms with Gasteiger partial charge in [0, 0.05) is 22.3 Å². The predicted octanol–water partition coefficient (Wildman–Crippen LogP) is 3.78. The summed E-state index contributed by atoms with van der Waals surface area (Å²) in [7, 11) is 0. The summed E-state index contributed by atoms with van der Waals surface area (Å²) in [5.41, 5.74) is 6.45. The molecule has 0 aliphatic carbocycles. The minimum absolute atomic E-state index is 0.227. The van der Waals surface area contributed by atoms with Gasteiger partial charge in [-0.1, -0.05) is 23.2 Å². The lowest BCUT2D eigenvalue weighted by Gasteiger charge is -2.06. The monoisotopic (exact) mass is 256 g/mol. The van der Waals surface area contributed by atoms with Gasteiger partial charge in [0.2, 0.25) is 0 Å². The Morgan fingerprint density at radius 3 is 2.50 bits per heavy atom. The van der Waals surface area contributed by atoms with E-state index in [4.69, 9.17) is 28.9 Å². The van der Waals surface area contributed by atoms with Crippen molar-refractivity contribution in [1.29, 1.82) is 0 Å². The van der Waals surface area contributed by atoms with Gasteiger partial charge in [0.05, 0.1) is 5.02 Å². The maximum atomic E-state index is 13.6.